The molecular weight excluding hydrogens is 379 g/mol. The number of halogens is 2. The Morgan fingerprint density at radius 2 is 1.69 bits per heavy atom. The maximum Gasteiger partial charge on any atom is 0.321 e. The molecule has 0 radical (unpaired) electrons. The van der Waals surface area contributed by atoms with Crippen molar-refractivity contribution in [3.8, 4) is 0 Å². The number of benzene rings is 1. The van der Waals surface area contributed by atoms with Crippen molar-refractivity contribution in [1.82, 2.24) is 14.7 Å². The van der Waals surface area contributed by atoms with Crippen LogP contribution in [0.1, 0.15) is 0 Å². The zero-order chi connectivity index (χ0) is 18.5. The standard InChI is InChI=1S/C17H22Cl2N4O3/c18-13-1-2-15(14(19)11-13)20-17(25)23-5-3-21(4-6-23)12-16(24)22-7-9-26-10-8-22/h1-2,11H,3-10,12H2,(H,20,25). The van der Waals surface area contributed by atoms with Crippen LogP contribution in [0, 0.1) is 0 Å². The van der Waals surface area contributed by atoms with Gasteiger partial charge in [0.15, 0.2) is 0 Å². The zero-order valence-corrected chi connectivity index (χ0v) is 15.9. The van der Waals surface area contributed by atoms with Gasteiger partial charge in [0, 0.05) is 44.3 Å². The number of ether oxygens (including phenoxy) is 1. The lowest BCUT2D eigenvalue weighted by Crippen LogP contribution is -2.53. The number of nitrogens with zero attached hydrogens (tertiary/aromatic N) is 3. The number of carbonyl (C=O) groups is 2. The summed E-state index contributed by atoms with van der Waals surface area (Å²) in [4.78, 5) is 30.3. The van der Waals surface area contributed by atoms with Crippen molar-refractivity contribution in [3.05, 3.63) is 28.2 Å². The second kappa shape index (κ2) is 8.90. The monoisotopic (exact) mass is 400 g/mol. The Kier molecular flexibility index (Phi) is 6.58. The first-order valence-corrected chi connectivity index (χ1v) is 9.37. The number of carbonyl (C=O) groups excluding carboxylic acids is 2. The van der Waals surface area contributed by atoms with Crippen LogP contribution in [0.15, 0.2) is 18.2 Å². The molecule has 0 spiro atoms. The molecule has 1 aromatic carbocycles. The number of amides is 3. The third-order valence-electron chi connectivity index (χ3n) is 4.55. The fourth-order valence-electron chi connectivity index (χ4n) is 3.00. The Morgan fingerprint density at radius 3 is 2.35 bits per heavy atom. The highest BCUT2D eigenvalue weighted by Gasteiger charge is 2.25. The Balaban J connectivity index is 1.45. The first-order valence-electron chi connectivity index (χ1n) is 8.62. The number of hydrogen-bond donors (Lipinski definition) is 1. The van der Waals surface area contributed by atoms with Crippen LogP contribution >= 0.6 is 23.2 Å². The maximum atomic E-state index is 12.4. The summed E-state index contributed by atoms with van der Waals surface area (Å²) in [6.07, 6.45) is 0. The molecule has 0 aromatic heterocycles. The second-order valence-corrected chi connectivity index (χ2v) is 7.15. The lowest BCUT2D eigenvalue weighted by molar-refractivity contribution is -0.136. The van der Waals surface area contributed by atoms with Gasteiger partial charge < -0.3 is 19.9 Å². The summed E-state index contributed by atoms with van der Waals surface area (Å²) in [6.45, 7) is 5.36. The SMILES string of the molecule is O=C(CN1CCN(C(=O)Nc2ccc(Cl)cc2Cl)CC1)N1CCOCC1. The van der Waals surface area contributed by atoms with Gasteiger partial charge in [0.25, 0.3) is 0 Å². The van der Waals surface area contributed by atoms with E-state index >= 15 is 0 Å². The van der Waals surface area contributed by atoms with Gasteiger partial charge >= 0.3 is 6.03 Å². The Bertz CT molecular complexity index is 659. The van der Waals surface area contributed by atoms with Crippen molar-refractivity contribution >= 4 is 40.8 Å². The molecule has 7 nitrogen and oxygen atoms in total. The molecule has 2 saturated heterocycles. The smallest absolute Gasteiger partial charge is 0.321 e. The van der Waals surface area contributed by atoms with E-state index in [1.54, 1.807) is 23.1 Å². The predicted octanol–water partition coefficient (Wildman–Crippen LogP) is 2.00. The summed E-state index contributed by atoms with van der Waals surface area (Å²) < 4.78 is 5.27. The number of urea groups is 1. The topological polar surface area (TPSA) is 65.1 Å². The summed E-state index contributed by atoms with van der Waals surface area (Å²) in [5, 5.41) is 3.73. The van der Waals surface area contributed by atoms with Crippen LogP contribution in [0.5, 0.6) is 0 Å². The molecule has 9 heteroatoms. The minimum Gasteiger partial charge on any atom is -0.378 e. The van der Waals surface area contributed by atoms with Crippen LogP contribution in [0.2, 0.25) is 10.0 Å². The molecule has 1 aromatic rings. The largest absolute Gasteiger partial charge is 0.378 e. The molecule has 142 valence electrons. The summed E-state index contributed by atoms with van der Waals surface area (Å²) in [5.41, 5.74) is 0.533. The number of nitrogens with one attached hydrogen (secondary N) is 1. The van der Waals surface area contributed by atoms with E-state index in [0.717, 1.165) is 0 Å². The van der Waals surface area contributed by atoms with Crippen LogP contribution in [0.4, 0.5) is 10.5 Å². The maximum absolute atomic E-state index is 12.4. The zero-order valence-electron chi connectivity index (χ0n) is 14.4. The van der Waals surface area contributed by atoms with E-state index < -0.39 is 0 Å². The molecule has 0 saturated carbocycles. The number of morpholine rings is 1. The first kappa shape index (κ1) is 19.2. The van der Waals surface area contributed by atoms with Gasteiger partial charge in [0.2, 0.25) is 5.91 Å². The van der Waals surface area contributed by atoms with Gasteiger partial charge in [-0.1, -0.05) is 23.2 Å². The minimum absolute atomic E-state index is 0.124. The van der Waals surface area contributed by atoms with E-state index in [2.05, 4.69) is 10.2 Å². The van der Waals surface area contributed by atoms with E-state index in [1.165, 1.54) is 0 Å². The van der Waals surface area contributed by atoms with Crippen molar-refractivity contribution in [2.75, 3.05) is 64.3 Å². The quantitative estimate of drug-likeness (QED) is 0.842. The molecule has 2 aliphatic heterocycles. The van der Waals surface area contributed by atoms with Crippen LogP contribution < -0.4 is 5.32 Å². The predicted molar refractivity (Wildman–Crippen MR) is 101 cm³/mol. The van der Waals surface area contributed by atoms with Gasteiger partial charge in [-0.2, -0.15) is 0 Å². The highest BCUT2D eigenvalue weighted by molar-refractivity contribution is 6.36. The molecule has 1 N–H and O–H groups in total. The minimum atomic E-state index is -0.201. The van der Waals surface area contributed by atoms with E-state index in [9.17, 15) is 9.59 Å². The van der Waals surface area contributed by atoms with Gasteiger partial charge in [-0.25, -0.2) is 4.79 Å². The lowest BCUT2D eigenvalue weighted by atomic mass is 10.3. The fourth-order valence-corrected chi connectivity index (χ4v) is 3.45. The lowest BCUT2D eigenvalue weighted by Gasteiger charge is -2.36. The van der Waals surface area contributed by atoms with Crippen molar-refractivity contribution in [3.63, 3.8) is 0 Å². The number of anilines is 1. The molecule has 3 rings (SSSR count). The van der Waals surface area contributed by atoms with Crippen molar-refractivity contribution in [2.24, 2.45) is 0 Å². The van der Waals surface area contributed by atoms with E-state index in [0.29, 0.717) is 74.8 Å². The summed E-state index contributed by atoms with van der Waals surface area (Å²) in [7, 11) is 0. The molecule has 2 fully saturated rings. The molecular formula is C17H22Cl2N4O3. The third-order valence-corrected chi connectivity index (χ3v) is 5.10. The van der Waals surface area contributed by atoms with Crippen LogP contribution in [0.3, 0.4) is 0 Å². The third kappa shape index (κ3) is 5.01. The average Bonchev–Trinajstić information content (AvgIpc) is 2.65. The fraction of sp³-hybridized carbons (Fsp3) is 0.529. The van der Waals surface area contributed by atoms with Gasteiger partial charge in [0.1, 0.15) is 0 Å². The van der Waals surface area contributed by atoms with Gasteiger partial charge in [-0.05, 0) is 18.2 Å². The molecule has 3 amide bonds. The summed E-state index contributed by atoms with van der Waals surface area (Å²) >= 11 is 12.0. The highest BCUT2D eigenvalue weighted by atomic mass is 35.5. The number of rotatable bonds is 3. The summed E-state index contributed by atoms with van der Waals surface area (Å²) in [5.74, 6) is 0.124. The summed E-state index contributed by atoms with van der Waals surface area (Å²) in [6, 6.07) is 4.75. The van der Waals surface area contributed by atoms with E-state index in [-0.39, 0.29) is 11.9 Å². The molecule has 0 bridgehead atoms. The van der Waals surface area contributed by atoms with E-state index in [4.69, 9.17) is 27.9 Å². The van der Waals surface area contributed by atoms with Crippen molar-refractivity contribution < 1.29 is 14.3 Å². The van der Waals surface area contributed by atoms with E-state index in [1.807, 2.05) is 4.90 Å². The highest BCUT2D eigenvalue weighted by Crippen LogP contribution is 2.25. The Labute approximate surface area is 162 Å². The molecule has 2 heterocycles. The molecule has 26 heavy (non-hydrogen) atoms. The van der Waals surface area contributed by atoms with Gasteiger partial charge in [-0.3, -0.25) is 9.69 Å². The first-order chi connectivity index (χ1) is 12.5. The Hall–Kier alpha value is -1.54. The van der Waals surface area contributed by atoms with Crippen LogP contribution in [-0.4, -0.2) is 85.7 Å². The van der Waals surface area contributed by atoms with Crippen LogP contribution in [-0.2, 0) is 9.53 Å². The van der Waals surface area contributed by atoms with Crippen LogP contribution in [0.25, 0.3) is 0 Å². The molecule has 0 aliphatic carbocycles. The van der Waals surface area contributed by atoms with Crippen molar-refractivity contribution in [2.45, 2.75) is 0 Å². The van der Waals surface area contributed by atoms with Crippen molar-refractivity contribution in [1.29, 1.82) is 0 Å². The normalized spacial score (nSPS) is 18.7. The van der Waals surface area contributed by atoms with Gasteiger partial charge in [-0.15, -0.1) is 0 Å². The Morgan fingerprint density at radius 1 is 1.00 bits per heavy atom. The number of hydrogen-bond acceptors (Lipinski definition) is 4. The average molecular weight is 401 g/mol. The molecule has 0 unspecified atom stereocenters. The van der Waals surface area contributed by atoms with Gasteiger partial charge in [0.05, 0.1) is 30.5 Å². The molecule has 0 atom stereocenters. The second-order valence-electron chi connectivity index (χ2n) is 6.31. The molecule has 2 aliphatic rings. The number of piperazine rings is 1.